The number of rotatable bonds is 6. The van der Waals surface area contributed by atoms with Crippen LogP contribution in [0.5, 0.6) is 0 Å². The number of hydrogen-bond donors (Lipinski definition) is 1. The van der Waals surface area contributed by atoms with Crippen molar-refractivity contribution in [2.75, 3.05) is 20.6 Å². The standard InChI is InChI=1S/C11H22N4O/c1-5-7-11(2,12)10-13-9(14-16-10)6-8-15(3)4/h5-8,12H2,1-4H3. The van der Waals surface area contributed by atoms with E-state index >= 15 is 0 Å². The smallest absolute Gasteiger partial charge is 0.246 e. The van der Waals surface area contributed by atoms with Gasteiger partial charge in [0.1, 0.15) is 0 Å². The molecule has 16 heavy (non-hydrogen) atoms. The molecule has 1 aromatic rings. The molecule has 1 heterocycles. The van der Waals surface area contributed by atoms with Gasteiger partial charge in [0.15, 0.2) is 5.82 Å². The van der Waals surface area contributed by atoms with Gasteiger partial charge in [-0.3, -0.25) is 0 Å². The molecule has 5 nitrogen and oxygen atoms in total. The summed E-state index contributed by atoms with van der Waals surface area (Å²) in [6, 6.07) is 0. The van der Waals surface area contributed by atoms with Crippen LogP contribution in [0.15, 0.2) is 4.52 Å². The summed E-state index contributed by atoms with van der Waals surface area (Å²) in [6.07, 6.45) is 2.64. The molecule has 0 aliphatic heterocycles. The predicted molar refractivity (Wildman–Crippen MR) is 63.0 cm³/mol. The van der Waals surface area contributed by atoms with Gasteiger partial charge >= 0.3 is 0 Å². The molecule has 0 aliphatic rings. The van der Waals surface area contributed by atoms with Crippen molar-refractivity contribution in [1.29, 1.82) is 0 Å². The summed E-state index contributed by atoms with van der Waals surface area (Å²) < 4.78 is 5.21. The Morgan fingerprint density at radius 1 is 1.44 bits per heavy atom. The summed E-state index contributed by atoms with van der Waals surface area (Å²) in [5.41, 5.74) is 5.61. The van der Waals surface area contributed by atoms with Gasteiger partial charge in [0.25, 0.3) is 0 Å². The zero-order valence-electron chi connectivity index (χ0n) is 10.7. The largest absolute Gasteiger partial charge is 0.337 e. The lowest BCUT2D eigenvalue weighted by molar-refractivity contribution is 0.282. The van der Waals surface area contributed by atoms with E-state index in [1.165, 1.54) is 0 Å². The van der Waals surface area contributed by atoms with Gasteiger partial charge in [-0.15, -0.1) is 0 Å². The molecule has 2 N–H and O–H groups in total. The van der Waals surface area contributed by atoms with E-state index in [9.17, 15) is 0 Å². The van der Waals surface area contributed by atoms with Crippen LogP contribution in [0.4, 0.5) is 0 Å². The van der Waals surface area contributed by atoms with E-state index in [1.54, 1.807) is 0 Å². The van der Waals surface area contributed by atoms with Gasteiger partial charge < -0.3 is 15.2 Å². The Hall–Kier alpha value is -0.940. The first-order valence-corrected chi connectivity index (χ1v) is 5.72. The summed E-state index contributed by atoms with van der Waals surface area (Å²) in [7, 11) is 4.04. The van der Waals surface area contributed by atoms with Crippen LogP contribution in [0.1, 0.15) is 38.4 Å². The molecule has 5 heteroatoms. The Morgan fingerprint density at radius 3 is 2.69 bits per heavy atom. The van der Waals surface area contributed by atoms with Crippen LogP contribution in [0.2, 0.25) is 0 Å². The average molecular weight is 226 g/mol. The van der Waals surface area contributed by atoms with E-state index in [1.807, 2.05) is 21.0 Å². The molecule has 92 valence electrons. The predicted octanol–water partition coefficient (Wildman–Crippen LogP) is 1.15. The summed E-state index contributed by atoms with van der Waals surface area (Å²) in [5.74, 6) is 1.28. The van der Waals surface area contributed by atoms with Gasteiger partial charge in [0.2, 0.25) is 5.89 Å². The second-order valence-corrected chi connectivity index (χ2v) is 4.74. The second-order valence-electron chi connectivity index (χ2n) is 4.74. The molecule has 0 fully saturated rings. The first-order valence-electron chi connectivity index (χ1n) is 5.72. The van der Waals surface area contributed by atoms with Gasteiger partial charge in [-0.25, -0.2) is 0 Å². The molecule has 0 spiro atoms. The van der Waals surface area contributed by atoms with Crippen molar-refractivity contribution in [3.05, 3.63) is 11.7 Å². The average Bonchev–Trinajstić information content (AvgIpc) is 2.63. The maximum Gasteiger partial charge on any atom is 0.246 e. The van der Waals surface area contributed by atoms with Gasteiger partial charge in [0.05, 0.1) is 5.54 Å². The molecule has 0 aromatic carbocycles. The molecule has 0 saturated heterocycles. The summed E-state index contributed by atoms with van der Waals surface area (Å²) in [4.78, 5) is 6.43. The highest BCUT2D eigenvalue weighted by Crippen LogP contribution is 2.21. The lowest BCUT2D eigenvalue weighted by atomic mass is 9.98. The molecular formula is C11H22N4O. The summed E-state index contributed by atoms with van der Waals surface area (Å²) in [5, 5.41) is 3.94. The van der Waals surface area contributed by atoms with Crippen molar-refractivity contribution in [3.8, 4) is 0 Å². The minimum Gasteiger partial charge on any atom is -0.337 e. The van der Waals surface area contributed by atoms with E-state index < -0.39 is 5.54 Å². The quantitative estimate of drug-likeness (QED) is 0.788. The van der Waals surface area contributed by atoms with Crippen LogP contribution in [-0.4, -0.2) is 35.7 Å². The fraction of sp³-hybridized carbons (Fsp3) is 0.818. The highest BCUT2D eigenvalue weighted by atomic mass is 16.5. The van der Waals surface area contributed by atoms with Crippen molar-refractivity contribution < 1.29 is 4.52 Å². The maximum absolute atomic E-state index is 6.11. The van der Waals surface area contributed by atoms with Crippen LogP contribution in [0.25, 0.3) is 0 Å². The molecule has 1 aromatic heterocycles. The number of likely N-dealkylation sites (N-methyl/N-ethyl adjacent to an activating group) is 1. The van der Waals surface area contributed by atoms with Crippen molar-refractivity contribution in [1.82, 2.24) is 15.0 Å². The van der Waals surface area contributed by atoms with Gasteiger partial charge in [0, 0.05) is 13.0 Å². The van der Waals surface area contributed by atoms with Crippen LogP contribution in [-0.2, 0) is 12.0 Å². The van der Waals surface area contributed by atoms with Crippen molar-refractivity contribution in [2.24, 2.45) is 5.73 Å². The lowest BCUT2D eigenvalue weighted by Crippen LogP contribution is -2.33. The maximum atomic E-state index is 6.11. The highest BCUT2D eigenvalue weighted by molar-refractivity contribution is 4.99. The number of nitrogens with zero attached hydrogens (tertiary/aromatic N) is 3. The van der Waals surface area contributed by atoms with E-state index in [0.717, 1.165) is 31.6 Å². The van der Waals surface area contributed by atoms with Gasteiger partial charge in [-0.2, -0.15) is 4.98 Å². The molecule has 0 amide bonds. The van der Waals surface area contributed by atoms with Crippen LogP contribution in [0.3, 0.4) is 0 Å². The lowest BCUT2D eigenvalue weighted by Gasteiger charge is -2.18. The Balaban J connectivity index is 2.63. The number of nitrogens with two attached hydrogens (primary N) is 1. The van der Waals surface area contributed by atoms with Crippen LogP contribution >= 0.6 is 0 Å². The van der Waals surface area contributed by atoms with E-state index in [2.05, 4.69) is 22.0 Å². The summed E-state index contributed by atoms with van der Waals surface area (Å²) in [6.45, 7) is 4.93. The normalized spacial score (nSPS) is 15.4. The topological polar surface area (TPSA) is 68.2 Å². The Bertz CT molecular complexity index is 320. The number of aromatic nitrogens is 2. The molecule has 0 bridgehead atoms. The fourth-order valence-electron chi connectivity index (χ4n) is 1.54. The van der Waals surface area contributed by atoms with Gasteiger partial charge in [-0.05, 0) is 27.4 Å². The molecule has 1 atom stereocenters. The van der Waals surface area contributed by atoms with Crippen LogP contribution in [0, 0.1) is 0 Å². The highest BCUT2D eigenvalue weighted by Gasteiger charge is 2.27. The molecule has 0 radical (unpaired) electrons. The van der Waals surface area contributed by atoms with Crippen molar-refractivity contribution >= 4 is 0 Å². The second kappa shape index (κ2) is 5.41. The monoisotopic (exact) mass is 226 g/mol. The van der Waals surface area contributed by atoms with Gasteiger partial charge in [-0.1, -0.05) is 18.5 Å². The van der Waals surface area contributed by atoms with Crippen molar-refractivity contribution in [3.63, 3.8) is 0 Å². The third kappa shape index (κ3) is 3.57. The summed E-state index contributed by atoms with van der Waals surface area (Å²) >= 11 is 0. The minimum absolute atomic E-state index is 0.502. The van der Waals surface area contributed by atoms with Crippen LogP contribution < -0.4 is 5.73 Å². The number of hydrogen-bond acceptors (Lipinski definition) is 5. The third-order valence-corrected chi connectivity index (χ3v) is 2.51. The molecule has 0 aliphatic carbocycles. The Labute approximate surface area is 97.0 Å². The van der Waals surface area contributed by atoms with Crippen molar-refractivity contribution in [2.45, 2.75) is 38.6 Å². The van der Waals surface area contributed by atoms with E-state index in [4.69, 9.17) is 10.3 Å². The Kier molecular flexibility index (Phi) is 4.44. The zero-order chi connectivity index (χ0) is 12.2. The first kappa shape index (κ1) is 13.1. The zero-order valence-corrected chi connectivity index (χ0v) is 10.7. The molecule has 1 rings (SSSR count). The fourth-order valence-corrected chi connectivity index (χ4v) is 1.54. The SMILES string of the molecule is CCCC(C)(N)c1nc(CCN(C)C)no1. The molecule has 1 unspecified atom stereocenters. The minimum atomic E-state index is -0.502. The molecular weight excluding hydrogens is 204 g/mol. The third-order valence-electron chi connectivity index (χ3n) is 2.51. The van der Waals surface area contributed by atoms with E-state index in [0.29, 0.717) is 5.89 Å². The molecule has 0 saturated carbocycles. The first-order chi connectivity index (χ1) is 7.45. The Morgan fingerprint density at radius 2 is 2.12 bits per heavy atom. The van der Waals surface area contributed by atoms with E-state index in [-0.39, 0.29) is 0 Å².